The van der Waals surface area contributed by atoms with Gasteiger partial charge in [0.15, 0.2) is 11.5 Å². The van der Waals surface area contributed by atoms with E-state index in [4.69, 9.17) is 28.2 Å². The molecule has 1 N–H and O–H groups in total. The number of pyridine rings is 1. The minimum absolute atomic E-state index is 0.00491. The maximum atomic E-state index is 17.1. The molecule has 52 heavy (non-hydrogen) atoms. The molecule has 268 valence electrons. The molecule has 6 heterocycles. The van der Waals surface area contributed by atoms with Crippen molar-refractivity contribution in [3.63, 3.8) is 0 Å². The van der Waals surface area contributed by atoms with Crippen molar-refractivity contribution in [2.45, 2.75) is 75.8 Å². The van der Waals surface area contributed by atoms with Crippen LogP contribution in [0.4, 0.5) is 17.6 Å². The Hall–Kier alpha value is -4.25. The standard InChI is InChI=1S/C37H32Cl2F4N8O/c1-17-23-13-28(27-12-21(15-49(27)36(52)18-7-8-18)50-16-29(47-48-50)37(41,42)43)51(34-20-11-26(34)45-14-20)35(23)24-10-19(4-3-9-44)30(32(40)33(24)46-17)22-5-2-6-25(38)31(22)39/h2,5-6,10,13,16,18,20-21,26-27,34,45H,3-4,7-8,11-12,14-15H2,1H3. The lowest BCUT2D eigenvalue weighted by atomic mass is 9.79. The number of carbonyl (C=O) groups is 1. The van der Waals surface area contributed by atoms with E-state index in [1.165, 1.54) is 4.68 Å². The minimum Gasteiger partial charge on any atom is -0.337 e. The molecule has 5 aliphatic rings. The zero-order valence-corrected chi connectivity index (χ0v) is 29.4. The van der Waals surface area contributed by atoms with Crippen molar-refractivity contribution in [3.8, 4) is 17.2 Å². The molecule has 2 aromatic carbocycles. The SMILES string of the molecule is Cc1nc2c(F)c(-c3cccc(Cl)c3Cl)c(CCC#N)cc2c2c1cc(C1CC(n3cc(C(F)(F)F)nn3)CN1C(=O)C1CC1)n2C1C2CNC1C2. The number of alkyl halides is 3. The van der Waals surface area contributed by atoms with Crippen molar-refractivity contribution < 1.29 is 22.4 Å². The first-order chi connectivity index (χ1) is 24.9. The van der Waals surface area contributed by atoms with Crippen LogP contribution in [0, 0.1) is 35.9 Å². The fraction of sp³-hybridized carbons (Fsp3) is 0.432. The lowest BCUT2D eigenvalue weighted by Gasteiger charge is -2.39. The number of likely N-dealkylation sites (tertiary alicyclic amines) is 1. The Morgan fingerprint density at radius 2 is 1.96 bits per heavy atom. The van der Waals surface area contributed by atoms with Crippen molar-refractivity contribution in [2.24, 2.45) is 11.8 Å². The molecule has 3 saturated heterocycles. The number of rotatable bonds is 7. The van der Waals surface area contributed by atoms with Gasteiger partial charge in [-0.05, 0) is 68.7 Å². The van der Waals surface area contributed by atoms with Gasteiger partial charge in [-0.25, -0.2) is 14.1 Å². The molecule has 0 radical (unpaired) electrons. The lowest BCUT2D eigenvalue weighted by Crippen LogP contribution is -2.41. The fourth-order valence-electron chi connectivity index (χ4n) is 8.78. The Morgan fingerprint density at radius 3 is 2.63 bits per heavy atom. The average molecular weight is 752 g/mol. The number of fused-ring (bicyclic) bond motifs is 4. The van der Waals surface area contributed by atoms with E-state index >= 15 is 4.39 Å². The lowest BCUT2D eigenvalue weighted by molar-refractivity contribution is -0.141. The highest BCUT2D eigenvalue weighted by atomic mass is 35.5. The van der Waals surface area contributed by atoms with Crippen LogP contribution in [0.25, 0.3) is 32.9 Å². The molecule has 5 fully saturated rings. The molecule has 2 bridgehead atoms. The number of carbonyl (C=O) groups excluding carboxylic acids is 1. The second-order valence-electron chi connectivity index (χ2n) is 14.5. The van der Waals surface area contributed by atoms with E-state index in [1.807, 2.05) is 19.1 Å². The van der Waals surface area contributed by atoms with Gasteiger partial charge in [-0.3, -0.25) is 4.79 Å². The maximum absolute atomic E-state index is 17.1. The second-order valence-corrected chi connectivity index (χ2v) is 15.3. The van der Waals surface area contributed by atoms with Gasteiger partial charge in [-0.1, -0.05) is 40.5 Å². The summed E-state index contributed by atoms with van der Waals surface area (Å²) in [7, 11) is 0. The summed E-state index contributed by atoms with van der Waals surface area (Å²) in [5.74, 6) is -0.422. The quantitative estimate of drug-likeness (QED) is 0.169. The van der Waals surface area contributed by atoms with Gasteiger partial charge in [0.25, 0.3) is 0 Å². The van der Waals surface area contributed by atoms with E-state index in [-0.39, 0.29) is 64.4 Å². The minimum atomic E-state index is -4.65. The third-order valence-electron chi connectivity index (χ3n) is 11.4. The van der Waals surface area contributed by atoms with Crippen molar-refractivity contribution in [1.29, 1.82) is 5.26 Å². The summed E-state index contributed by atoms with van der Waals surface area (Å²) in [6, 6.07) is 10.3. The monoisotopic (exact) mass is 750 g/mol. The number of amides is 1. The van der Waals surface area contributed by atoms with Crippen LogP contribution >= 0.6 is 23.2 Å². The molecule has 3 aliphatic heterocycles. The topological polar surface area (TPSA) is 105 Å². The second kappa shape index (κ2) is 12.1. The first-order valence-electron chi connectivity index (χ1n) is 17.4. The zero-order valence-electron chi connectivity index (χ0n) is 27.9. The number of hydrogen-bond acceptors (Lipinski definition) is 6. The van der Waals surface area contributed by atoms with Crippen molar-refractivity contribution >= 4 is 50.9 Å². The summed E-state index contributed by atoms with van der Waals surface area (Å²) in [5, 5.41) is 22.3. The number of nitrogens with one attached hydrogen (secondary N) is 1. The Labute approximate surface area is 305 Å². The van der Waals surface area contributed by atoms with Crippen LogP contribution in [-0.4, -0.2) is 54.5 Å². The number of aromatic nitrogens is 5. The normalized spacial score (nSPS) is 24.2. The van der Waals surface area contributed by atoms with Crippen LogP contribution in [0.3, 0.4) is 0 Å². The van der Waals surface area contributed by atoms with Gasteiger partial charge >= 0.3 is 6.18 Å². The molecule has 5 atom stereocenters. The molecule has 9 nitrogen and oxygen atoms in total. The molecular formula is C37H32Cl2F4N8O. The molecule has 1 amide bonds. The number of hydrogen-bond donors (Lipinski definition) is 1. The zero-order chi connectivity index (χ0) is 36.2. The number of benzene rings is 2. The van der Waals surface area contributed by atoms with Crippen LogP contribution in [0.1, 0.15) is 72.9 Å². The molecule has 10 rings (SSSR count). The van der Waals surface area contributed by atoms with Gasteiger partial charge in [0.1, 0.15) is 5.52 Å². The molecule has 2 saturated carbocycles. The van der Waals surface area contributed by atoms with Crippen LogP contribution < -0.4 is 5.32 Å². The fourth-order valence-corrected chi connectivity index (χ4v) is 9.17. The predicted molar refractivity (Wildman–Crippen MR) is 186 cm³/mol. The summed E-state index contributed by atoms with van der Waals surface area (Å²) < 4.78 is 61.2. The molecule has 15 heteroatoms. The van der Waals surface area contributed by atoms with Crippen LogP contribution in [-0.2, 0) is 17.4 Å². The number of aryl methyl sites for hydroxylation is 2. The maximum Gasteiger partial charge on any atom is 0.436 e. The Morgan fingerprint density at radius 1 is 1.15 bits per heavy atom. The molecular weight excluding hydrogens is 719 g/mol. The highest BCUT2D eigenvalue weighted by Gasteiger charge is 2.51. The number of halogens is 6. The van der Waals surface area contributed by atoms with Gasteiger partial charge in [0, 0.05) is 64.8 Å². The third-order valence-corrected chi connectivity index (χ3v) is 12.3. The first-order valence-corrected chi connectivity index (χ1v) is 18.2. The van der Waals surface area contributed by atoms with Gasteiger partial charge < -0.3 is 14.8 Å². The van der Waals surface area contributed by atoms with E-state index in [1.54, 1.807) is 23.1 Å². The van der Waals surface area contributed by atoms with E-state index in [0.29, 0.717) is 34.5 Å². The van der Waals surface area contributed by atoms with Crippen LogP contribution in [0.5, 0.6) is 0 Å². The predicted octanol–water partition coefficient (Wildman–Crippen LogP) is 8.13. The van der Waals surface area contributed by atoms with Crippen molar-refractivity contribution in [3.05, 3.63) is 75.0 Å². The summed E-state index contributed by atoms with van der Waals surface area (Å²) in [5.41, 5.74) is 2.53. The van der Waals surface area contributed by atoms with Gasteiger partial charge in [-0.15, -0.1) is 5.10 Å². The van der Waals surface area contributed by atoms with E-state index in [2.05, 4.69) is 26.3 Å². The third kappa shape index (κ3) is 5.20. The van der Waals surface area contributed by atoms with Gasteiger partial charge in [-0.2, -0.15) is 18.4 Å². The number of nitriles is 1. The van der Waals surface area contributed by atoms with Crippen LogP contribution in [0.15, 0.2) is 36.5 Å². The molecule has 3 aromatic heterocycles. The Bertz CT molecular complexity index is 2330. The smallest absolute Gasteiger partial charge is 0.337 e. The van der Waals surface area contributed by atoms with Crippen molar-refractivity contribution in [1.82, 2.24) is 34.8 Å². The van der Waals surface area contributed by atoms with Gasteiger partial charge in [0.05, 0.1) is 46.0 Å². The Kier molecular flexibility index (Phi) is 7.84. The summed E-state index contributed by atoms with van der Waals surface area (Å²) in [4.78, 5) is 20.5. The molecule has 5 unspecified atom stereocenters. The van der Waals surface area contributed by atoms with E-state index in [9.17, 15) is 23.2 Å². The average Bonchev–Trinajstić information content (AvgIpc) is 3.61. The largest absolute Gasteiger partial charge is 0.436 e. The highest BCUT2D eigenvalue weighted by Crippen LogP contribution is 2.52. The van der Waals surface area contributed by atoms with E-state index in [0.717, 1.165) is 48.6 Å². The molecule has 5 aromatic rings. The molecule has 2 aliphatic carbocycles. The van der Waals surface area contributed by atoms with Gasteiger partial charge in [0.2, 0.25) is 5.91 Å². The Balaban J connectivity index is 1.27. The number of nitrogens with zero attached hydrogens (tertiary/aromatic N) is 7. The highest BCUT2D eigenvalue weighted by molar-refractivity contribution is 6.43. The summed E-state index contributed by atoms with van der Waals surface area (Å²) in [6.45, 7) is 2.83. The molecule has 0 spiro atoms. The van der Waals surface area contributed by atoms with Crippen molar-refractivity contribution in [2.75, 3.05) is 13.1 Å². The van der Waals surface area contributed by atoms with Crippen LogP contribution in [0.2, 0.25) is 10.0 Å². The first kappa shape index (κ1) is 33.6. The van der Waals surface area contributed by atoms with E-state index < -0.39 is 29.8 Å². The summed E-state index contributed by atoms with van der Waals surface area (Å²) in [6.07, 6.45) is -0.496. The summed E-state index contributed by atoms with van der Waals surface area (Å²) >= 11 is 13.0.